The van der Waals surface area contributed by atoms with Gasteiger partial charge in [-0.25, -0.2) is 4.79 Å². The lowest BCUT2D eigenvalue weighted by Gasteiger charge is -2.12. The highest BCUT2D eigenvalue weighted by atomic mass is 35.5. The fourth-order valence-corrected chi connectivity index (χ4v) is 1.33. The first kappa shape index (κ1) is 12.4. The van der Waals surface area contributed by atoms with E-state index in [9.17, 15) is 9.70 Å². The van der Waals surface area contributed by atoms with Crippen molar-refractivity contribution in [2.24, 2.45) is 5.29 Å². The van der Waals surface area contributed by atoms with Gasteiger partial charge in [-0.05, 0) is 24.6 Å². The van der Waals surface area contributed by atoms with Crippen molar-refractivity contribution in [2.45, 2.75) is 6.92 Å². The molecule has 6 heteroatoms. The maximum atomic E-state index is 11.5. The second-order valence-corrected chi connectivity index (χ2v) is 3.57. The van der Waals surface area contributed by atoms with Crippen LogP contribution in [-0.4, -0.2) is 23.5 Å². The molecule has 86 valence electrons. The quantitative estimate of drug-likeness (QED) is 0.501. The topological polar surface area (TPSA) is 61.8 Å². The molecular weight excluding hydrogens is 230 g/mol. The van der Waals surface area contributed by atoms with Gasteiger partial charge >= 0.3 is 6.03 Å². The Bertz CT molecular complexity index is 384. The molecule has 0 radical (unpaired) electrons. The first-order chi connectivity index (χ1) is 7.67. The van der Waals surface area contributed by atoms with E-state index in [0.29, 0.717) is 5.69 Å². The standard InChI is InChI=1S/C10H12ClN3O2/c1-8-3-2-4-9(7-8)12-10(15)14(13-16)6-5-11/h2-4,7H,5-6H2,1H3,(H,12,15). The van der Waals surface area contributed by atoms with E-state index in [-0.39, 0.29) is 12.4 Å². The molecule has 0 saturated heterocycles. The minimum absolute atomic E-state index is 0.0860. The van der Waals surface area contributed by atoms with E-state index in [1.807, 2.05) is 19.1 Å². The molecule has 1 rings (SSSR count). The molecule has 5 nitrogen and oxygen atoms in total. The number of nitroso groups, excluding NO2 is 1. The molecule has 0 unspecified atom stereocenters. The maximum absolute atomic E-state index is 11.5. The van der Waals surface area contributed by atoms with Crippen LogP contribution in [0.3, 0.4) is 0 Å². The van der Waals surface area contributed by atoms with Crippen molar-refractivity contribution in [1.29, 1.82) is 0 Å². The van der Waals surface area contributed by atoms with E-state index in [1.165, 1.54) is 0 Å². The van der Waals surface area contributed by atoms with E-state index in [2.05, 4.69) is 10.6 Å². The van der Waals surface area contributed by atoms with Crippen molar-refractivity contribution < 1.29 is 4.79 Å². The molecule has 16 heavy (non-hydrogen) atoms. The van der Waals surface area contributed by atoms with E-state index >= 15 is 0 Å². The summed E-state index contributed by atoms with van der Waals surface area (Å²) in [6.45, 7) is 1.99. The number of carbonyl (C=O) groups is 1. The van der Waals surface area contributed by atoms with Gasteiger partial charge in [0.1, 0.15) is 0 Å². The lowest BCUT2D eigenvalue weighted by Crippen LogP contribution is -2.31. The van der Waals surface area contributed by atoms with Gasteiger partial charge in [0.05, 0.1) is 11.8 Å². The zero-order valence-electron chi connectivity index (χ0n) is 8.81. The van der Waals surface area contributed by atoms with Gasteiger partial charge in [0.15, 0.2) is 0 Å². The van der Waals surface area contributed by atoms with Crippen molar-refractivity contribution in [2.75, 3.05) is 17.7 Å². The molecule has 0 aliphatic rings. The molecule has 0 saturated carbocycles. The number of halogens is 1. The van der Waals surface area contributed by atoms with Crippen LogP contribution in [0.2, 0.25) is 0 Å². The Morgan fingerprint density at radius 1 is 1.56 bits per heavy atom. The second kappa shape index (κ2) is 6.07. The molecule has 0 bridgehead atoms. The largest absolute Gasteiger partial charge is 0.344 e. The van der Waals surface area contributed by atoms with Crippen LogP contribution in [0.25, 0.3) is 0 Å². The molecule has 0 spiro atoms. The minimum atomic E-state index is -0.582. The van der Waals surface area contributed by atoms with Gasteiger partial charge in [0.2, 0.25) is 0 Å². The lowest BCUT2D eigenvalue weighted by molar-refractivity contribution is 0.216. The molecule has 0 aromatic heterocycles. The highest BCUT2D eigenvalue weighted by molar-refractivity contribution is 6.18. The Morgan fingerprint density at radius 3 is 2.88 bits per heavy atom. The van der Waals surface area contributed by atoms with Crippen LogP contribution < -0.4 is 5.32 Å². The SMILES string of the molecule is Cc1cccc(NC(=O)N(CCCl)N=O)c1. The van der Waals surface area contributed by atoms with Crippen LogP contribution in [0.5, 0.6) is 0 Å². The third kappa shape index (κ3) is 3.51. The smallest absolute Gasteiger partial charge is 0.306 e. The van der Waals surface area contributed by atoms with Gasteiger partial charge in [-0.15, -0.1) is 16.5 Å². The molecule has 1 N–H and O–H groups in total. The number of benzene rings is 1. The monoisotopic (exact) mass is 241 g/mol. The molecule has 0 atom stereocenters. The Morgan fingerprint density at radius 2 is 2.31 bits per heavy atom. The van der Waals surface area contributed by atoms with Crippen molar-refractivity contribution in [3.8, 4) is 0 Å². The summed E-state index contributed by atoms with van der Waals surface area (Å²) in [5, 5.41) is 5.88. The molecule has 1 aromatic carbocycles. The third-order valence-electron chi connectivity index (χ3n) is 1.90. The summed E-state index contributed by atoms with van der Waals surface area (Å²) in [6, 6.07) is 6.66. The minimum Gasteiger partial charge on any atom is -0.306 e. The van der Waals surface area contributed by atoms with Gasteiger partial charge in [-0.2, -0.15) is 5.01 Å². The van der Waals surface area contributed by atoms with Gasteiger partial charge in [-0.3, -0.25) is 0 Å². The Labute approximate surface area is 98.3 Å². The van der Waals surface area contributed by atoms with Crippen LogP contribution in [-0.2, 0) is 0 Å². The van der Waals surface area contributed by atoms with E-state index in [1.54, 1.807) is 12.1 Å². The number of hydrogen-bond acceptors (Lipinski definition) is 3. The molecule has 2 amide bonds. The average Bonchev–Trinajstić information content (AvgIpc) is 2.25. The average molecular weight is 242 g/mol. The molecule has 0 fully saturated rings. The number of alkyl halides is 1. The van der Waals surface area contributed by atoms with Gasteiger partial charge < -0.3 is 5.32 Å². The highest BCUT2D eigenvalue weighted by Crippen LogP contribution is 2.10. The first-order valence-electron chi connectivity index (χ1n) is 4.72. The number of urea groups is 1. The first-order valence-corrected chi connectivity index (χ1v) is 5.25. The number of nitrogens with zero attached hydrogens (tertiary/aromatic N) is 2. The summed E-state index contributed by atoms with van der Waals surface area (Å²) in [5.74, 6) is 0.160. The van der Waals surface area contributed by atoms with Gasteiger partial charge in [0.25, 0.3) is 0 Å². The molecular formula is C10H12ClN3O2. The van der Waals surface area contributed by atoms with E-state index < -0.39 is 6.03 Å². The van der Waals surface area contributed by atoms with Gasteiger partial charge in [0, 0.05) is 11.6 Å². The summed E-state index contributed by atoms with van der Waals surface area (Å²) >= 11 is 5.43. The number of rotatable bonds is 4. The summed E-state index contributed by atoms with van der Waals surface area (Å²) in [5.41, 5.74) is 1.63. The number of amides is 2. The van der Waals surface area contributed by atoms with E-state index in [0.717, 1.165) is 10.6 Å². The maximum Gasteiger partial charge on any atom is 0.344 e. The zero-order valence-corrected chi connectivity index (χ0v) is 9.57. The third-order valence-corrected chi connectivity index (χ3v) is 2.07. The molecule has 1 aromatic rings. The fourth-order valence-electron chi connectivity index (χ4n) is 1.17. The number of carbonyl (C=O) groups excluding carboxylic acids is 1. The Hall–Kier alpha value is -1.62. The second-order valence-electron chi connectivity index (χ2n) is 3.19. The van der Waals surface area contributed by atoms with Crippen molar-refractivity contribution >= 4 is 23.3 Å². The Kier molecular flexibility index (Phi) is 4.72. The van der Waals surface area contributed by atoms with E-state index in [4.69, 9.17) is 11.6 Å². The van der Waals surface area contributed by atoms with Gasteiger partial charge in [-0.1, -0.05) is 12.1 Å². The number of nitrogens with one attached hydrogen (secondary N) is 1. The predicted octanol–water partition coefficient (Wildman–Crippen LogP) is 2.75. The van der Waals surface area contributed by atoms with Crippen molar-refractivity contribution in [3.05, 3.63) is 34.7 Å². The van der Waals surface area contributed by atoms with Crippen LogP contribution >= 0.6 is 11.6 Å². The van der Waals surface area contributed by atoms with Crippen molar-refractivity contribution in [3.63, 3.8) is 0 Å². The zero-order chi connectivity index (χ0) is 12.0. The summed E-state index contributed by atoms with van der Waals surface area (Å²) < 4.78 is 0. The normalized spacial score (nSPS) is 9.62. The lowest BCUT2D eigenvalue weighted by atomic mass is 10.2. The summed E-state index contributed by atoms with van der Waals surface area (Å²) in [4.78, 5) is 21.9. The number of anilines is 1. The molecule has 0 aliphatic heterocycles. The molecule has 0 aliphatic carbocycles. The van der Waals surface area contributed by atoms with Crippen LogP contribution in [0.1, 0.15) is 5.56 Å². The van der Waals surface area contributed by atoms with Crippen molar-refractivity contribution in [1.82, 2.24) is 5.01 Å². The number of aryl methyl sites for hydroxylation is 1. The van der Waals surface area contributed by atoms with Crippen LogP contribution in [0, 0.1) is 11.8 Å². The summed E-state index contributed by atoms with van der Waals surface area (Å²) in [6.07, 6.45) is 0. The van der Waals surface area contributed by atoms with Crippen LogP contribution in [0.4, 0.5) is 10.5 Å². The molecule has 0 heterocycles. The fraction of sp³-hybridized carbons (Fsp3) is 0.300. The Balaban J connectivity index is 2.66. The predicted molar refractivity (Wildman–Crippen MR) is 63.4 cm³/mol. The number of hydrogen-bond donors (Lipinski definition) is 1. The highest BCUT2D eigenvalue weighted by Gasteiger charge is 2.12. The van der Waals surface area contributed by atoms with Crippen LogP contribution in [0.15, 0.2) is 29.6 Å². The summed E-state index contributed by atoms with van der Waals surface area (Å²) in [7, 11) is 0.